The van der Waals surface area contributed by atoms with Crippen molar-refractivity contribution in [3.8, 4) is 0 Å². The van der Waals surface area contributed by atoms with Crippen LogP contribution < -0.4 is 0 Å². The number of ketones is 1. The monoisotopic (exact) mass is 480 g/mol. The SMILES string of the molecule is Cc1nn(C(F)F)cc1S(=O)(=O)n1ncc2ccc(CC(=O)Cc3cc(F)cc(F)c3)cc21. The van der Waals surface area contributed by atoms with Crippen molar-refractivity contribution in [3.63, 3.8) is 0 Å². The highest BCUT2D eigenvalue weighted by molar-refractivity contribution is 7.90. The van der Waals surface area contributed by atoms with Crippen LogP contribution in [-0.2, 0) is 27.7 Å². The van der Waals surface area contributed by atoms with Crippen molar-refractivity contribution in [3.05, 3.63) is 77.2 Å². The van der Waals surface area contributed by atoms with Gasteiger partial charge in [-0.1, -0.05) is 12.1 Å². The Balaban J connectivity index is 1.64. The number of fused-ring (bicyclic) bond motifs is 1. The van der Waals surface area contributed by atoms with E-state index in [2.05, 4.69) is 10.2 Å². The quantitative estimate of drug-likeness (QED) is 0.376. The first-order valence-corrected chi connectivity index (χ1v) is 11.0. The van der Waals surface area contributed by atoms with Gasteiger partial charge in [-0.05, 0) is 36.2 Å². The fourth-order valence-corrected chi connectivity index (χ4v) is 4.91. The van der Waals surface area contributed by atoms with E-state index in [0.29, 0.717) is 21.1 Å². The number of aryl methyl sites for hydroxylation is 1. The van der Waals surface area contributed by atoms with E-state index >= 15 is 0 Å². The fourth-order valence-electron chi connectivity index (χ4n) is 3.48. The normalized spacial score (nSPS) is 12.1. The molecule has 0 fully saturated rings. The van der Waals surface area contributed by atoms with Crippen molar-refractivity contribution < 1.29 is 30.8 Å². The number of carbonyl (C=O) groups excluding carboxylic acids is 1. The van der Waals surface area contributed by atoms with Gasteiger partial charge in [-0.15, -0.1) is 0 Å². The van der Waals surface area contributed by atoms with E-state index in [1.807, 2.05) is 0 Å². The highest BCUT2D eigenvalue weighted by Gasteiger charge is 2.27. The number of halogens is 4. The molecule has 0 aliphatic carbocycles. The number of benzene rings is 2. The number of hydrogen-bond donors (Lipinski definition) is 0. The molecule has 0 aliphatic rings. The lowest BCUT2D eigenvalue weighted by atomic mass is 10.0. The van der Waals surface area contributed by atoms with Crippen LogP contribution >= 0.6 is 0 Å². The van der Waals surface area contributed by atoms with Gasteiger partial charge in [0, 0.05) is 24.3 Å². The van der Waals surface area contributed by atoms with Gasteiger partial charge in [0.05, 0.1) is 23.6 Å². The van der Waals surface area contributed by atoms with Crippen LogP contribution in [0.2, 0.25) is 0 Å². The van der Waals surface area contributed by atoms with Crippen LogP contribution in [0.3, 0.4) is 0 Å². The number of hydrogen-bond acceptors (Lipinski definition) is 5. The maximum absolute atomic E-state index is 13.3. The third kappa shape index (κ3) is 4.51. The van der Waals surface area contributed by atoms with E-state index < -0.39 is 33.1 Å². The Kier molecular flexibility index (Phi) is 5.78. The largest absolute Gasteiger partial charge is 0.333 e. The molecule has 0 unspecified atom stereocenters. The zero-order chi connectivity index (χ0) is 23.9. The van der Waals surface area contributed by atoms with Gasteiger partial charge >= 0.3 is 6.55 Å². The number of alkyl halides is 2. The Bertz CT molecular complexity index is 1460. The Morgan fingerprint density at radius 2 is 1.70 bits per heavy atom. The summed E-state index contributed by atoms with van der Waals surface area (Å²) < 4.78 is 79.6. The average molecular weight is 480 g/mol. The minimum Gasteiger partial charge on any atom is -0.299 e. The minimum atomic E-state index is -4.35. The second-order valence-electron chi connectivity index (χ2n) is 7.39. The highest BCUT2D eigenvalue weighted by Crippen LogP contribution is 2.25. The van der Waals surface area contributed by atoms with E-state index in [1.165, 1.54) is 19.2 Å². The number of rotatable bonds is 7. The molecule has 0 radical (unpaired) electrons. The van der Waals surface area contributed by atoms with E-state index in [9.17, 15) is 30.8 Å². The molecule has 2 aromatic heterocycles. The van der Waals surface area contributed by atoms with Crippen LogP contribution in [0.1, 0.15) is 23.4 Å². The molecular weight excluding hydrogens is 464 g/mol. The summed E-state index contributed by atoms with van der Waals surface area (Å²) in [4.78, 5) is 12.0. The van der Waals surface area contributed by atoms with Gasteiger partial charge in [-0.2, -0.15) is 31.5 Å². The molecule has 2 aromatic carbocycles. The highest BCUT2D eigenvalue weighted by atomic mass is 32.2. The standard InChI is InChI=1S/C21H16F4N4O3S/c1-12-20(11-28(27-12)21(24)25)33(31,32)29-19-8-13(2-3-15(19)10-26-29)6-18(30)7-14-4-16(22)9-17(23)5-14/h2-5,8-11,21H,6-7H2,1H3. The summed E-state index contributed by atoms with van der Waals surface area (Å²) in [5.41, 5.74) is 0.646. The smallest absolute Gasteiger partial charge is 0.299 e. The molecule has 4 aromatic rings. The first-order valence-electron chi connectivity index (χ1n) is 9.57. The van der Waals surface area contributed by atoms with Crippen molar-refractivity contribution in [2.45, 2.75) is 31.2 Å². The first kappa shape index (κ1) is 22.6. The van der Waals surface area contributed by atoms with Gasteiger partial charge in [0.1, 0.15) is 22.3 Å². The summed E-state index contributed by atoms with van der Waals surface area (Å²) >= 11 is 0. The lowest BCUT2D eigenvalue weighted by Crippen LogP contribution is -2.15. The lowest BCUT2D eigenvalue weighted by molar-refractivity contribution is -0.117. The second-order valence-corrected chi connectivity index (χ2v) is 9.13. The van der Waals surface area contributed by atoms with E-state index in [1.54, 1.807) is 12.1 Å². The van der Waals surface area contributed by atoms with E-state index in [4.69, 9.17) is 0 Å². The van der Waals surface area contributed by atoms with Gasteiger partial charge in [0.15, 0.2) is 0 Å². The van der Waals surface area contributed by atoms with Gasteiger partial charge in [-0.25, -0.2) is 13.5 Å². The zero-order valence-corrected chi connectivity index (χ0v) is 17.9. The van der Waals surface area contributed by atoms with Gasteiger partial charge in [0.25, 0.3) is 10.0 Å². The number of carbonyl (C=O) groups is 1. The van der Waals surface area contributed by atoms with Crippen LogP contribution in [0, 0.1) is 18.6 Å². The molecular formula is C21H16F4N4O3S. The number of nitrogens with zero attached hydrogens (tertiary/aromatic N) is 4. The van der Waals surface area contributed by atoms with Crippen LogP contribution in [-0.4, -0.2) is 33.2 Å². The number of aromatic nitrogens is 4. The van der Waals surface area contributed by atoms with Crippen molar-refractivity contribution in [1.82, 2.24) is 19.0 Å². The molecule has 0 saturated carbocycles. The molecule has 0 saturated heterocycles. The van der Waals surface area contributed by atoms with Gasteiger partial charge < -0.3 is 0 Å². The topological polar surface area (TPSA) is 86.8 Å². The molecule has 0 spiro atoms. The molecule has 4 rings (SSSR count). The molecule has 2 heterocycles. The van der Waals surface area contributed by atoms with Crippen LogP contribution in [0.25, 0.3) is 10.9 Å². The Labute approximate surface area is 185 Å². The third-order valence-corrected chi connectivity index (χ3v) is 6.61. The Morgan fingerprint density at radius 1 is 1.03 bits per heavy atom. The zero-order valence-electron chi connectivity index (χ0n) is 17.0. The minimum absolute atomic E-state index is 0.118. The van der Waals surface area contributed by atoms with Crippen molar-refractivity contribution >= 4 is 26.7 Å². The molecule has 0 amide bonds. The van der Waals surface area contributed by atoms with Crippen LogP contribution in [0.4, 0.5) is 17.6 Å². The summed E-state index contributed by atoms with van der Waals surface area (Å²) in [7, 11) is -4.35. The summed E-state index contributed by atoms with van der Waals surface area (Å²) in [6.45, 7) is -1.72. The first-order chi connectivity index (χ1) is 15.5. The maximum Gasteiger partial charge on any atom is 0.333 e. The second kappa shape index (κ2) is 8.43. The molecule has 7 nitrogen and oxygen atoms in total. The van der Waals surface area contributed by atoms with E-state index in [0.717, 1.165) is 18.3 Å². The van der Waals surface area contributed by atoms with Gasteiger partial charge in [0.2, 0.25) is 0 Å². The van der Waals surface area contributed by atoms with Crippen molar-refractivity contribution in [2.24, 2.45) is 0 Å². The lowest BCUT2D eigenvalue weighted by Gasteiger charge is -2.07. The van der Waals surface area contributed by atoms with Gasteiger partial charge in [-0.3, -0.25) is 4.79 Å². The summed E-state index contributed by atoms with van der Waals surface area (Å²) in [6.07, 6.45) is 1.69. The molecule has 0 atom stereocenters. The molecule has 0 aliphatic heterocycles. The molecule has 12 heteroatoms. The summed E-state index contributed by atoms with van der Waals surface area (Å²) in [5, 5.41) is 7.85. The summed E-state index contributed by atoms with van der Waals surface area (Å²) in [6, 6.07) is 7.44. The van der Waals surface area contributed by atoms with Crippen LogP contribution in [0.15, 0.2) is 53.7 Å². The summed E-state index contributed by atoms with van der Waals surface area (Å²) in [5.74, 6) is -1.93. The van der Waals surface area contributed by atoms with Crippen molar-refractivity contribution in [2.75, 3.05) is 0 Å². The predicted molar refractivity (Wildman–Crippen MR) is 109 cm³/mol. The predicted octanol–water partition coefficient (Wildman–Crippen LogP) is 3.81. The van der Waals surface area contributed by atoms with Crippen molar-refractivity contribution in [1.29, 1.82) is 0 Å². The Hall–Kier alpha value is -3.54. The van der Waals surface area contributed by atoms with Crippen LogP contribution in [0.5, 0.6) is 0 Å². The third-order valence-electron chi connectivity index (χ3n) is 4.90. The Morgan fingerprint density at radius 3 is 2.33 bits per heavy atom. The fraction of sp³-hybridized carbons (Fsp3) is 0.190. The molecule has 0 N–H and O–H groups in total. The molecule has 0 bridgehead atoms. The molecule has 172 valence electrons. The number of Topliss-reactive ketones (excluding diaryl/α,β-unsaturated/α-hetero) is 1. The maximum atomic E-state index is 13.3. The molecule has 33 heavy (non-hydrogen) atoms. The average Bonchev–Trinajstić information content (AvgIpc) is 3.31. The van der Waals surface area contributed by atoms with E-state index in [-0.39, 0.29) is 40.1 Å².